The number of alkyl halides is 1. The van der Waals surface area contributed by atoms with Crippen molar-refractivity contribution in [3.8, 4) is 0 Å². The summed E-state index contributed by atoms with van der Waals surface area (Å²) in [5.41, 5.74) is 5.90. The lowest BCUT2D eigenvalue weighted by Gasteiger charge is -2.16. The van der Waals surface area contributed by atoms with Crippen molar-refractivity contribution < 1.29 is 13.7 Å². The molecule has 0 aromatic heterocycles. The van der Waals surface area contributed by atoms with Gasteiger partial charge in [-0.3, -0.25) is 4.21 Å². The summed E-state index contributed by atoms with van der Waals surface area (Å²) in [6, 6.07) is 5.58. The van der Waals surface area contributed by atoms with Crippen LogP contribution >= 0.6 is 0 Å². The molecule has 3 unspecified atom stereocenters. The van der Waals surface area contributed by atoms with Gasteiger partial charge in [0.25, 0.3) is 0 Å². The van der Waals surface area contributed by atoms with E-state index in [1.54, 1.807) is 30.5 Å². The Hall–Kier alpha value is -0.780. The molecular weight excluding hydrogens is 217 g/mol. The summed E-state index contributed by atoms with van der Waals surface area (Å²) in [6.07, 6.45) is 0.549. The maximum atomic E-state index is 12.2. The highest BCUT2D eigenvalue weighted by Crippen LogP contribution is 2.17. The van der Waals surface area contributed by atoms with Crippen molar-refractivity contribution >= 4 is 10.8 Å². The molecule has 3 nitrogen and oxygen atoms in total. The summed E-state index contributed by atoms with van der Waals surface area (Å²) >= 11 is 0. The molecule has 84 valence electrons. The highest BCUT2D eigenvalue weighted by atomic mass is 32.2. The first-order valence-corrected chi connectivity index (χ1v) is 6.05. The van der Waals surface area contributed by atoms with Crippen molar-refractivity contribution in [1.29, 1.82) is 0 Å². The number of benzene rings is 1. The van der Waals surface area contributed by atoms with Crippen LogP contribution in [0.15, 0.2) is 29.2 Å². The Kier molecular flexibility index (Phi) is 4.38. The van der Waals surface area contributed by atoms with Gasteiger partial charge >= 0.3 is 0 Å². The number of aliphatic hydroxyl groups excluding tert-OH is 1. The summed E-state index contributed by atoms with van der Waals surface area (Å²) < 4.78 is 23.3. The van der Waals surface area contributed by atoms with Gasteiger partial charge in [0, 0.05) is 22.0 Å². The van der Waals surface area contributed by atoms with Crippen LogP contribution in [0, 0.1) is 0 Å². The molecule has 0 fully saturated rings. The van der Waals surface area contributed by atoms with Gasteiger partial charge in [0.1, 0.15) is 6.67 Å². The van der Waals surface area contributed by atoms with Crippen molar-refractivity contribution in [3.63, 3.8) is 0 Å². The fourth-order valence-electron chi connectivity index (χ4n) is 1.19. The lowest BCUT2D eigenvalue weighted by Crippen LogP contribution is -2.30. The van der Waals surface area contributed by atoms with E-state index in [-0.39, 0.29) is 0 Å². The minimum absolute atomic E-state index is 0.536. The summed E-state index contributed by atoms with van der Waals surface area (Å²) in [5, 5.41) is 9.58. The smallest absolute Gasteiger partial charge is 0.107 e. The highest BCUT2D eigenvalue weighted by Gasteiger charge is 2.16. The van der Waals surface area contributed by atoms with E-state index in [1.807, 2.05) is 0 Å². The number of hydrogen-bond acceptors (Lipinski definition) is 3. The molecule has 0 aliphatic heterocycles. The summed E-state index contributed by atoms with van der Waals surface area (Å²) in [7, 11) is -1.05. The molecule has 0 amide bonds. The molecule has 3 atom stereocenters. The van der Waals surface area contributed by atoms with Crippen LogP contribution in [-0.4, -0.2) is 28.3 Å². The molecule has 15 heavy (non-hydrogen) atoms. The van der Waals surface area contributed by atoms with Crippen LogP contribution in [-0.2, 0) is 10.8 Å². The average molecular weight is 231 g/mol. The first-order valence-electron chi connectivity index (χ1n) is 4.49. The maximum absolute atomic E-state index is 12.2. The molecule has 0 saturated heterocycles. The van der Waals surface area contributed by atoms with E-state index in [1.165, 1.54) is 0 Å². The van der Waals surface area contributed by atoms with E-state index in [4.69, 9.17) is 5.73 Å². The Bertz CT molecular complexity index is 342. The zero-order valence-electron chi connectivity index (χ0n) is 8.39. The van der Waals surface area contributed by atoms with Gasteiger partial charge < -0.3 is 10.8 Å². The quantitative estimate of drug-likeness (QED) is 0.804. The molecule has 0 bridgehead atoms. The highest BCUT2D eigenvalue weighted by molar-refractivity contribution is 7.84. The van der Waals surface area contributed by atoms with Gasteiger partial charge in [-0.1, -0.05) is 12.1 Å². The van der Waals surface area contributed by atoms with Gasteiger partial charge in [-0.25, -0.2) is 4.39 Å². The van der Waals surface area contributed by atoms with Gasteiger partial charge in [0.2, 0.25) is 0 Å². The topological polar surface area (TPSA) is 63.3 Å². The number of aliphatic hydroxyl groups is 1. The predicted octanol–water partition coefficient (Wildman–Crippen LogP) is 0.754. The zero-order chi connectivity index (χ0) is 11.4. The van der Waals surface area contributed by atoms with E-state index in [0.717, 1.165) is 0 Å². The summed E-state index contributed by atoms with van der Waals surface area (Å²) in [6.45, 7) is -0.775. The van der Waals surface area contributed by atoms with Crippen LogP contribution < -0.4 is 5.73 Å². The molecule has 1 aromatic rings. The van der Waals surface area contributed by atoms with E-state index in [2.05, 4.69) is 0 Å². The average Bonchev–Trinajstić information content (AvgIpc) is 2.27. The van der Waals surface area contributed by atoms with E-state index >= 15 is 0 Å². The van der Waals surface area contributed by atoms with Crippen molar-refractivity contribution in [2.45, 2.75) is 17.0 Å². The number of halogens is 1. The second-order valence-corrected chi connectivity index (χ2v) is 4.67. The predicted molar refractivity (Wildman–Crippen MR) is 57.7 cm³/mol. The number of nitrogens with two attached hydrogens (primary N) is 1. The van der Waals surface area contributed by atoms with Crippen LogP contribution in [0.2, 0.25) is 0 Å². The van der Waals surface area contributed by atoms with Crippen molar-refractivity contribution in [3.05, 3.63) is 29.8 Å². The molecule has 1 rings (SSSR count). The monoisotopic (exact) mass is 231 g/mol. The third-order valence-corrected chi connectivity index (χ3v) is 3.07. The minimum Gasteiger partial charge on any atom is -0.387 e. The summed E-state index contributed by atoms with van der Waals surface area (Å²) in [5.74, 6) is 0. The fraction of sp³-hybridized carbons (Fsp3) is 0.400. The third kappa shape index (κ3) is 3.09. The Labute approximate surface area is 90.6 Å². The second kappa shape index (κ2) is 5.34. The first-order chi connectivity index (χ1) is 7.06. The molecule has 0 radical (unpaired) electrons. The van der Waals surface area contributed by atoms with Crippen LogP contribution in [0.4, 0.5) is 4.39 Å². The van der Waals surface area contributed by atoms with Crippen molar-refractivity contribution in [2.24, 2.45) is 5.73 Å². The van der Waals surface area contributed by atoms with Gasteiger partial charge in [0.15, 0.2) is 0 Å². The lowest BCUT2D eigenvalue weighted by molar-refractivity contribution is 0.132. The van der Waals surface area contributed by atoms with Gasteiger partial charge in [-0.15, -0.1) is 0 Å². The molecule has 0 heterocycles. The Morgan fingerprint density at radius 2 is 2.00 bits per heavy atom. The van der Waals surface area contributed by atoms with Gasteiger partial charge in [-0.05, 0) is 17.7 Å². The van der Waals surface area contributed by atoms with E-state index in [0.29, 0.717) is 10.5 Å². The first kappa shape index (κ1) is 12.3. The van der Waals surface area contributed by atoms with Gasteiger partial charge in [0.05, 0.1) is 12.1 Å². The molecule has 1 aromatic carbocycles. The van der Waals surface area contributed by atoms with Crippen LogP contribution in [0.5, 0.6) is 0 Å². The second-order valence-electron chi connectivity index (χ2n) is 3.29. The number of hydrogen-bond donors (Lipinski definition) is 2. The lowest BCUT2D eigenvalue weighted by atomic mass is 10.0. The summed E-state index contributed by atoms with van der Waals surface area (Å²) in [4.78, 5) is 0.666. The normalized spacial score (nSPS) is 17.1. The van der Waals surface area contributed by atoms with Crippen molar-refractivity contribution in [2.75, 3.05) is 12.9 Å². The Morgan fingerprint density at radius 1 is 1.47 bits per heavy atom. The standard InChI is InChI=1S/C10H14FNO2S/c1-15(14)8-4-2-7(3-5-8)10(13)9(12)6-11/h2-5,9-10,13H,6,12H2,1H3. The van der Waals surface area contributed by atoms with Crippen molar-refractivity contribution in [1.82, 2.24) is 0 Å². The molecule has 0 aliphatic rings. The van der Waals surface area contributed by atoms with E-state index in [9.17, 15) is 13.7 Å². The Morgan fingerprint density at radius 3 is 2.40 bits per heavy atom. The molecule has 3 N–H and O–H groups in total. The van der Waals surface area contributed by atoms with Gasteiger partial charge in [-0.2, -0.15) is 0 Å². The molecule has 0 aliphatic carbocycles. The molecule has 5 heteroatoms. The fourth-order valence-corrected chi connectivity index (χ4v) is 1.71. The Balaban J connectivity index is 2.84. The number of rotatable bonds is 4. The van der Waals surface area contributed by atoms with Crippen LogP contribution in [0.3, 0.4) is 0 Å². The minimum atomic E-state index is -1.05. The third-order valence-electron chi connectivity index (χ3n) is 2.14. The molecular formula is C10H14FNO2S. The SMILES string of the molecule is CS(=O)c1ccc(C(O)C(N)CF)cc1. The molecule has 0 saturated carbocycles. The largest absolute Gasteiger partial charge is 0.387 e. The zero-order valence-corrected chi connectivity index (χ0v) is 9.21. The molecule has 0 spiro atoms. The van der Waals surface area contributed by atoms with E-state index < -0.39 is 29.6 Å². The van der Waals surface area contributed by atoms with Crippen LogP contribution in [0.25, 0.3) is 0 Å². The van der Waals surface area contributed by atoms with Crippen LogP contribution in [0.1, 0.15) is 11.7 Å². The maximum Gasteiger partial charge on any atom is 0.107 e.